The van der Waals surface area contributed by atoms with Crippen LogP contribution in [0.4, 0.5) is 0 Å². The van der Waals surface area contributed by atoms with Crippen LogP contribution in [0.15, 0.2) is 48.5 Å². The highest BCUT2D eigenvalue weighted by molar-refractivity contribution is 6.31. The number of amides is 1. The minimum atomic E-state index is 0.00107. The number of hydrogen-bond acceptors (Lipinski definition) is 2. The van der Waals surface area contributed by atoms with Crippen LogP contribution in [0, 0.1) is 6.92 Å². The maximum atomic E-state index is 12.7. The molecule has 3 aromatic rings. The molecular formula is C21H20ClN3O. The van der Waals surface area contributed by atoms with E-state index in [1.54, 1.807) is 6.08 Å². The first-order valence-electron chi connectivity index (χ1n) is 8.81. The van der Waals surface area contributed by atoms with Crippen molar-refractivity contribution in [3.05, 3.63) is 70.5 Å². The minimum Gasteiger partial charge on any atom is -0.340 e. The van der Waals surface area contributed by atoms with Crippen LogP contribution in [-0.2, 0) is 4.79 Å². The number of rotatable bonds is 3. The van der Waals surface area contributed by atoms with E-state index in [9.17, 15) is 4.79 Å². The summed E-state index contributed by atoms with van der Waals surface area (Å²) in [5.41, 5.74) is 3.89. The molecule has 0 saturated carbocycles. The predicted octanol–water partition coefficient (Wildman–Crippen LogP) is 4.90. The molecule has 1 saturated heterocycles. The first-order chi connectivity index (χ1) is 12.6. The second-order valence-corrected chi connectivity index (χ2v) is 7.08. The van der Waals surface area contributed by atoms with Crippen LogP contribution in [-0.4, -0.2) is 27.3 Å². The number of carbonyl (C=O) groups excluding carboxylic acids is 1. The van der Waals surface area contributed by atoms with E-state index in [0.29, 0.717) is 5.02 Å². The Hall–Kier alpha value is -2.59. The number of aromatic nitrogens is 2. The summed E-state index contributed by atoms with van der Waals surface area (Å²) in [6, 6.07) is 13.7. The normalized spacial score (nSPS) is 17.5. The third-order valence-corrected chi connectivity index (χ3v) is 5.28. The van der Waals surface area contributed by atoms with Crippen molar-refractivity contribution in [1.29, 1.82) is 0 Å². The number of aromatic amines is 1. The van der Waals surface area contributed by atoms with Gasteiger partial charge in [0.1, 0.15) is 5.82 Å². The molecule has 0 spiro atoms. The summed E-state index contributed by atoms with van der Waals surface area (Å²) >= 11 is 6.16. The maximum absolute atomic E-state index is 12.7. The Balaban J connectivity index is 1.54. The van der Waals surface area contributed by atoms with Gasteiger partial charge in [0, 0.05) is 17.6 Å². The number of likely N-dealkylation sites (tertiary alicyclic amines) is 1. The molecule has 5 heteroatoms. The van der Waals surface area contributed by atoms with E-state index >= 15 is 0 Å². The van der Waals surface area contributed by atoms with Crippen molar-refractivity contribution in [3.8, 4) is 0 Å². The Bertz CT molecular complexity index is 959. The molecule has 4 nitrogen and oxygen atoms in total. The number of nitrogens with one attached hydrogen (secondary N) is 1. The third-order valence-electron chi connectivity index (χ3n) is 4.87. The van der Waals surface area contributed by atoms with Gasteiger partial charge in [0.25, 0.3) is 0 Å². The van der Waals surface area contributed by atoms with E-state index in [2.05, 4.69) is 9.97 Å². The number of aryl methyl sites for hydroxylation is 1. The molecule has 4 rings (SSSR count). The van der Waals surface area contributed by atoms with Crippen molar-refractivity contribution < 1.29 is 4.79 Å². The molecule has 1 aliphatic heterocycles. The monoisotopic (exact) mass is 365 g/mol. The topological polar surface area (TPSA) is 49.0 Å². The second kappa shape index (κ2) is 6.96. The Morgan fingerprint density at radius 1 is 1.31 bits per heavy atom. The Labute approximate surface area is 157 Å². The van der Waals surface area contributed by atoms with E-state index in [1.807, 2.05) is 60.4 Å². The largest absolute Gasteiger partial charge is 0.340 e. The Morgan fingerprint density at radius 3 is 2.96 bits per heavy atom. The lowest BCUT2D eigenvalue weighted by Crippen LogP contribution is -2.29. The molecule has 1 aliphatic rings. The minimum absolute atomic E-state index is 0.00107. The van der Waals surface area contributed by atoms with Crippen molar-refractivity contribution in [2.45, 2.75) is 25.8 Å². The zero-order chi connectivity index (χ0) is 18.1. The Kier molecular flexibility index (Phi) is 4.51. The van der Waals surface area contributed by atoms with Crippen molar-refractivity contribution in [2.24, 2.45) is 0 Å². The summed E-state index contributed by atoms with van der Waals surface area (Å²) in [7, 11) is 0. The van der Waals surface area contributed by atoms with Crippen molar-refractivity contribution >= 4 is 34.6 Å². The van der Waals surface area contributed by atoms with Crippen LogP contribution in [0.5, 0.6) is 0 Å². The number of nitrogens with zero attached hydrogens (tertiary/aromatic N) is 2. The molecule has 0 bridgehead atoms. The lowest BCUT2D eigenvalue weighted by atomic mass is 10.1. The highest BCUT2D eigenvalue weighted by Crippen LogP contribution is 2.31. The number of carbonyl (C=O) groups is 1. The van der Waals surface area contributed by atoms with Crippen LogP contribution in [0.2, 0.25) is 5.02 Å². The van der Waals surface area contributed by atoms with Crippen LogP contribution in [0.3, 0.4) is 0 Å². The molecule has 2 aromatic carbocycles. The highest BCUT2D eigenvalue weighted by Gasteiger charge is 2.31. The predicted molar refractivity (Wildman–Crippen MR) is 105 cm³/mol. The van der Waals surface area contributed by atoms with Crippen molar-refractivity contribution in [1.82, 2.24) is 14.9 Å². The fraction of sp³-hybridized carbons (Fsp3) is 0.238. The van der Waals surface area contributed by atoms with Gasteiger partial charge in [-0.3, -0.25) is 4.79 Å². The fourth-order valence-corrected chi connectivity index (χ4v) is 3.61. The zero-order valence-corrected chi connectivity index (χ0v) is 15.3. The average Bonchev–Trinajstić information content (AvgIpc) is 3.28. The lowest BCUT2D eigenvalue weighted by molar-refractivity contribution is -0.126. The summed E-state index contributed by atoms with van der Waals surface area (Å²) < 4.78 is 0. The smallest absolute Gasteiger partial charge is 0.247 e. The molecule has 0 aliphatic carbocycles. The first-order valence-corrected chi connectivity index (χ1v) is 9.19. The standard InChI is InChI=1S/C21H20ClN3O/c1-14-8-9-15(13-16(14)22)10-11-20(26)25-12-4-7-19(25)21-23-17-5-2-3-6-18(17)24-21/h2-3,5-6,8-11,13,19H,4,7,12H2,1H3,(H,23,24)/b11-10+. The molecule has 0 radical (unpaired) electrons. The third kappa shape index (κ3) is 3.25. The number of benzene rings is 2. The molecule has 1 N–H and O–H groups in total. The quantitative estimate of drug-likeness (QED) is 0.671. The number of H-pyrrole nitrogens is 1. The van der Waals surface area contributed by atoms with Gasteiger partial charge in [0.2, 0.25) is 5.91 Å². The number of hydrogen-bond donors (Lipinski definition) is 1. The van der Waals surface area contributed by atoms with E-state index in [0.717, 1.165) is 47.4 Å². The van der Waals surface area contributed by atoms with Gasteiger partial charge in [0.15, 0.2) is 0 Å². The summed E-state index contributed by atoms with van der Waals surface area (Å²) in [6.45, 7) is 2.71. The Morgan fingerprint density at radius 2 is 2.15 bits per heavy atom. The fourth-order valence-electron chi connectivity index (χ4n) is 3.42. The van der Waals surface area contributed by atoms with E-state index in [-0.39, 0.29) is 11.9 Å². The van der Waals surface area contributed by atoms with Gasteiger partial charge in [-0.1, -0.05) is 35.9 Å². The van der Waals surface area contributed by atoms with Crippen LogP contribution < -0.4 is 0 Å². The average molecular weight is 366 g/mol. The summed E-state index contributed by atoms with van der Waals surface area (Å²) in [4.78, 5) is 22.7. The summed E-state index contributed by atoms with van der Waals surface area (Å²) in [6.07, 6.45) is 5.36. The highest BCUT2D eigenvalue weighted by atomic mass is 35.5. The molecule has 1 atom stereocenters. The summed E-state index contributed by atoms with van der Waals surface area (Å²) in [5, 5.41) is 0.709. The van der Waals surface area contributed by atoms with Crippen LogP contribution in [0.25, 0.3) is 17.1 Å². The van der Waals surface area contributed by atoms with E-state index in [4.69, 9.17) is 11.6 Å². The van der Waals surface area contributed by atoms with Gasteiger partial charge in [-0.2, -0.15) is 0 Å². The van der Waals surface area contributed by atoms with Gasteiger partial charge >= 0.3 is 0 Å². The molecule has 1 fully saturated rings. The van der Waals surface area contributed by atoms with Crippen LogP contribution >= 0.6 is 11.6 Å². The van der Waals surface area contributed by atoms with Crippen molar-refractivity contribution in [2.75, 3.05) is 6.54 Å². The number of fused-ring (bicyclic) bond motifs is 1. The molecule has 2 heterocycles. The van der Waals surface area contributed by atoms with Gasteiger partial charge < -0.3 is 9.88 Å². The first kappa shape index (κ1) is 16.9. The molecule has 1 aromatic heterocycles. The summed E-state index contributed by atoms with van der Waals surface area (Å²) in [5.74, 6) is 0.869. The van der Waals surface area contributed by atoms with Crippen molar-refractivity contribution in [3.63, 3.8) is 0 Å². The maximum Gasteiger partial charge on any atom is 0.247 e. The number of para-hydroxylation sites is 2. The van der Waals surface area contributed by atoms with E-state index < -0.39 is 0 Å². The SMILES string of the molecule is Cc1ccc(/C=C/C(=O)N2CCCC2c2nc3ccccc3[nH]2)cc1Cl. The lowest BCUT2D eigenvalue weighted by Gasteiger charge is -2.21. The van der Waals surface area contributed by atoms with Gasteiger partial charge in [0.05, 0.1) is 17.1 Å². The number of halogens is 1. The molecule has 1 amide bonds. The molecule has 1 unspecified atom stereocenters. The van der Waals surface area contributed by atoms with Gasteiger partial charge in [-0.05, 0) is 55.2 Å². The number of imidazole rings is 1. The molecular weight excluding hydrogens is 346 g/mol. The molecule has 26 heavy (non-hydrogen) atoms. The molecule has 132 valence electrons. The van der Waals surface area contributed by atoms with Crippen LogP contribution in [0.1, 0.15) is 35.8 Å². The second-order valence-electron chi connectivity index (χ2n) is 6.67. The van der Waals surface area contributed by atoms with Gasteiger partial charge in [-0.25, -0.2) is 4.98 Å². The van der Waals surface area contributed by atoms with E-state index in [1.165, 1.54) is 0 Å². The van der Waals surface area contributed by atoms with Gasteiger partial charge in [-0.15, -0.1) is 0 Å². The zero-order valence-electron chi connectivity index (χ0n) is 14.6.